The van der Waals surface area contributed by atoms with Crippen molar-refractivity contribution < 1.29 is 33.4 Å². The van der Waals surface area contributed by atoms with Crippen LogP contribution in [0.2, 0.25) is 0 Å². The number of hydrogen-bond acceptors (Lipinski definition) is 5. The number of carbonyl (C=O) groups is 3. The maximum atomic E-state index is 12.5. The van der Waals surface area contributed by atoms with Crippen molar-refractivity contribution in [2.45, 2.75) is 124 Å². The van der Waals surface area contributed by atoms with E-state index in [0.717, 1.165) is 32.1 Å². The van der Waals surface area contributed by atoms with Gasteiger partial charge in [-0.05, 0) is 30.6 Å². The molecule has 0 rings (SSSR count). The van der Waals surface area contributed by atoms with Crippen molar-refractivity contribution in [1.29, 1.82) is 0 Å². The van der Waals surface area contributed by atoms with Crippen LogP contribution in [0.1, 0.15) is 118 Å². The zero-order valence-electron chi connectivity index (χ0n) is 24.6. The second-order valence-electron chi connectivity index (χ2n) is 13.0. The van der Waals surface area contributed by atoms with Gasteiger partial charge in [0.15, 0.2) is 6.10 Å². The first-order valence-electron chi connectivity index (χ1n) is 13.9. The van der Waals surface area contributed by atoms with Crippen LogP contribution in [0.15, 0.2) is 0 Å². The smallest absolute Gasteiger partial charge is 0.307 e. The summed E-state index contributed by atoms with van der Waals surface area (Å²) >= 11 is 0. The molecule has 0 saturated heterocycles. The molecule has 0 bridgehead atoms. The summed E-state index contributed by atoms with van der Waals surface area (Å²) in [5, 5.41) is 9.14. The highest BCUT2D eigenvalue weighted by Gasteiger charge is 2.28. The molecular weight excluding hydrogens is 458 g/mol. The molecule has 0 spiro atoms. The predicted molar refractivity (Wildman–Crippen MR) is 145 cm³/mol. The van der Waals surface area contributed by atoms with E-state index in [1.54, 1.807) is 0 Å². The Morgan fingerprint density at radius 2 is 1.17 bits per heavy atom. The maximum absolute atomic E-state index is 12.5. The van der Waals surface area contributed by atoms with E-state index >= 15 is 0 Å². The highest BCUT2D eigenvalue weighted by atomic mass is 16.5. The predicted octanol–water partition coefficient (Wildman–Crippen LogP) is 6.38. The number of ether oxygens (including phenoxy) is 2. The molecule has 7 nitrogen and oxygen atoms in total. The molecule has 0 aromatic heterocycles. The minimum atomic E-state index is -0.946. The number of rotatable bonds is 21. The zero-order valence-corrected chi connectivity index (χ0v) is 24.6. The van der Waals surface area contributed by atoms with Crippen molar-refractivity contribution in [3.05, 3.63) is 0 Å². The van der Waals surface area contributed by atoms with Gasteiger partial charge in [0.1, 0.15) is 6.54 Å². The Hall–Kier alpha value is -1.63. The number of likely N-dealkylation sites (N-methyl/N-ethyl adjacent to an activating group) is 1. The minimum absolute atomic E-state index is 0.00839. The van der Waals surface area contributed by atoms with Crippen LogP contribution >= 0.6 is 0 Å². The molecule has 0 amide bonds. The largest absolute Gasteiger partial charge is 0.481 e. The van der Waals surface area contributed by atoms with Crippen LogP contribution in [-0.4, -0.2) is 67.9 Å². The van der Waals surface area contributed by atoms with E-state index in [4.69, 9.17) is 14.6 Å². The normalized spacial score (nSPS) is 13.3. The van der Waals surface area contributed by atoms with Crippen LogP contribution in [-0.2, 0) is 23.9 Å². The van der Waals surface area contributed by atoms with Gasteiger partial charge in [-0.25, -0.2) is 0 Å². The summed E-state index contributed by atoms with van der Waals surface area (Å²) in [7, 11) is 5.88. The molecule has 36 heavy (non-hydrogen) atoms. The molecule has 0 aromatic rings. The fourth-order valence-electron chi connectivity index (χ4n) is 4.61. The van der Waals surface area contributed by atoms with Crippen LogP contribution in [0.4, 0.5) is 0 Å². The highest BCUT2D eigenvalue weighted by molar-refractivity contribution is 5.72. The van der Waals surface area contributed by atoms with E-state index in [-0.39, 0.29) is 29.2 Å². The topological polar surface area (TPSA) is 89.9 Å². The molecule has 0 aliphatic heterocycles. The van der Waals surface area contributed by atoms with E-state index in [1.165, 1.54) is 32.1 Å². The average Bonchev–Trinajstić information content (AvgIpc) is 2.66. The van der Waals surface area contributed by atoms with Crippen LogP contribution in [0.3, 0.4) is 0 Å². The summed E-state index contributed by atoms with van der Waals surface area (Å²) in [6.07, 6.45) is 11.6. The Kier molecular flexibility index (Phi) is 16.2. The van der Waals surface area contributed by atoms with Gasteiger partial charge in [-0.1, -0.05) is 79.1 Å². The first-order chi connectivity index (χ1) is 16.6. The van der Waals surface area contributed by atoms with E-state index in [9.17, 15) is 14.4 Å². The monoisotopic (exact) mass is 514 g/mol. The summed E-state index contributed by atoms with van der Waals surface area (Å²) in [4.78, 5) is 35.3. The molecular formula is C29H56NO6+. The lowest BCUT2D eigenvalue weighted by atomic mass is 9.83. The molecule has 0 aliphatic rings. The van der Waals surface area contributed by atoms with Gasteiger partial charge in [0.05, 0.1) is 47.0 Å². The van der Waals surface area contributed by atoms with Crippen molar-refractivity contribution in [3.63, 3.8) is 0 Å². The van der Waals surface area contributed by atoms with Gasteiger partial charge in [0, 0.05) is 0 Å². The van der Waals surface area contributed by atoms with E-state index in [0.29, 0.717) is 30.5 Å². The minimum Gasteiger partial charge on any atom is -0.481 e. The average molecular weight is 515 g/mol. The van der Waals surface area contributed by atoms with E-state index < -0.39 is 12.1 Å². The van der Waals surface area contributed by atoms with Gasteiger partial charge in [-0.3, -0.25) is 14.4 Å². The van der Waals surface area contributed by atoms with Crippen molar-refractivity contribution in [1.82, 2.24) is 0 Å². The van der Waals surface area contributed by atoms with Crippen LogP contribution in [0.5, 0.6) is 0 Å². The maximum Gasteiger partial charge on any atom is 0.307 e. The molecule has 0 fully saturated rings. The number of hydrogen-bond donors (Lipinski definition) is 1. The first-order valence-corrected chi connectivity index (χ1v) is 13.9. The number of nitrogens with zero attached hydrogens (tertiary/aromatic N) is 1. The number of quaternary nitrogens is 1. The molecule has 1 unspecified atom stereocenters. The molecule has 1 N–H and O–H groups in total. The summed E-state index contributed by atoms with van der Waals surface area (Å²) in [6.45, 7) is 11.2. The lowest BCUT2D eigenvalue weighted by molar-refractivity contribution is -0.873. The molecule has 0 aliphatic carbocycles. The number of carboxylic acid groups (broad SMARTS) is 1. The highest BCUT2D eigenvalue weighted by Crippen LogP contribution is 2.30. The van der Waals surface area contributed by atoms with Gasteiger partial charge >= 0.3 is 17.9 Å². The summed E-state index contributed by atoms with van der Waals surface area (Å²) < 4.78 is 11.2. The fourth-order valence-corrected chi connectivity index (χ4v) is 4.61. The Balaban J connectivity index is 4.03. The number of carboxylic acids is 1. The third kappa shape index (κ3) is 20.6. The number of unbranched alkanes of at least 4 members (excludes halogenated alkanes) is 7. The Morgan fingerprint density at radius 1 is 0.750 bits per heavy atom. The first kappa shape index (κ1) is 34.4. The molecule has 1 atom stereocenters. The van der Waals surface area contributed by atoms with Crippen molar-refractivity contribution in [2.24, 2.45) is 10.8 Å². The molecule has 0 radical (unpaired) electrons. The van der Waals surface area contributed by atoms with Crippen LogP contribution in [0.25, 0.3) is 0 Å². The standard InChI is InChI=1S/C29H55NO6/c1-9-35-26(33)21-28(2,3)18-16-14-12-10-11-13-15-17-19-29(4,5)22-27(34)36-24(20-25(31)32)23-30(6,7)8/h24H,9-23H2,1-8H3/p+1. The third-order valence-electron chi connectivity index (χ3n) is 6.46. The van der Waals surface area contributed by atoms with Gasteiger partial charge in [0.2, 0.25) is 0 Å². The summed E-state index contributed by atoms with van der Waals surface area (Å²) in [6, 6.07) is 0. The molecule has 0 aromatic carbocycles. The van der Waals surface area contributed by atoms with Gasteiger partial charge in [-0.2, -0.15) is 0 Å². The number of aliphatic carboxylic acids is 1. The molecule has 0 saturated carbocycles. The fraction of sp³-hybridized carbons (Fsp3) is 0.897. The Morgan fingerprint density at radius 3 is 1.56 bits per heavy atom. The van der Waals surface area contributed by atoms with Crippen molar-refractivity contribution >= 4 is 17.9 Å². The quantitative estimate of drug-likeness (QED) is 0.109. The Labute approximate surface area is 220 Å². The van der Waals surface area contributed by atoms with Crippen LogP contribution < -0.4 is 0 Å². The van der Waals surface area contributed by atoms with Gasteiger partial charge < -0.3 is 19.1 Å². The van der Waals surface area contributed by atoms with E-state index in [1.807, 2.05) is 28.1 Å². The molecule has 0 heterocycles. The van der Waals surface area contributed by atoms with Gasteiger partial charge in [0.25, 0.3) is 0 Å². The van der Waals surface area contributed by atoms with Gasteiger partial charge in [-0.15, -0.1) is 0 Å². The van der Waals surface area contributed by atoms with Crippen molar-refractivity contribution in [2.75, 3.05) is 34.3 Å². The zero-order chi connectivity index (χ0) is 27.8. The Bertz CT molecular complexity index is 651. The summed E-state index contributed by atoms with van der Waals surface area (Å²) in [5.74, 6) is -1.34. The lowest BCUT2D eigenvalue weighted by Crippen LogP contribution is -2.44. The number of carbonyl (C=O) groups excluding carboxylic acids is 2. The molecule has 212 valence electrons. The number of esters is 2. The summed E-state index contributed by atoms with van der Waals surface area (Å²) in [5.41, 5.74) is -0.147. The van der Waals surface area contributed by atoms with Crippen molar-refractivity contribution in [3.8, 4) is 0 Å². The second kappa shape index (κ2) is 17.0. The second-order valence-corrected chi connectivity index (χ2v) is 13.0. The van der Waals surface area contributed by atoms with E-state index in [2.05, 4.69) is 27.7 Å². The lowest BCUT2D eigenvalue weighted by Gasteiger charge is -2.29. The SMILES string of the molecule is CCOC(=O)CC(C)(C)CCCCCCCCCCC(C)(C)CC(=O)OC(CC(=O)O)C[N+](C)(C)C. The van der Waals surface area contributed by atoms with Crippen LogP contribution in [0, 0.1) is 10.8 Å². The third-order valence-corrected chi connectivity index (χ3v) is 6.46. The molecule has 7 heteroatoms.